The Hall–Kier alpha value is -0.650. The van der Waals surface area contributed by atoms with Crippen LogP contribution in [0.2, 0.25) is 0 Å². The molecule has 0 bridgehead atoms. The second-order valence-corrected chi connectivity index (χ2v) is 5.02. The molecule has 94 valence electrons. The highest BCUT2D eigenvalue weighted by atomic mass is 16.5. The first-order valence-corrected chi connectivity index (χ1v) is 5.62. The van der Waals surface area contributed by atoms with Crippen molar-refractivity contribution >= 4 is 5.91 Å². The fraction of sp³-hybridized carbons (Fsp3) is 0.909. The summed E-state index contributed by atoms with van der Waals surface area (Å²) in [6.45, 7) is 4.35. The fourth-order valence-electron chi connectivity index (χ4n) is 1.80. The van der Waals surface area contributed by atoms with E-state index in [-0.39, 0.29) is 23.5 Å². The number of ether oxygens (including phenoxy) is 1. The van der Waals surface area contributed by atoms with Crippen molar-refractivity contribution in [1.29, 1.82) is 0 Å². The van der Waals surface area contributed by atoms with Crippen molar-refractivity contribution in [1.82, 2.24) is 5.32 Å². The number of amides is 1. The maximum absolute atomic E-state index is 11.7. The second-order valence-electron chi connectivity index (χ2n) is 5.02. The van der Waals surface area contributed by atoms with E-state index in [0.29, 0.717) is 19.4 Å². The Morgan fingerprint density at radius 1 is 1.69 bits per heavy atom. The molecule has 0 heterocycles. The molecule has 5 heteroatoms. The van der Waals surface area contributed by atoms with Gasteiger partial charge in [-0.3, -0.25) is 4.79 Å². The van der Waals surface area contributed by atoms with E-state index in [1.54, 1.807) is 7.11 Å². The van der Waals surface area contributed by atoms with E-state index in [4.69, 9.17) is 10.5 Å². The third kappa shape index (κ3) is 2.72. The molecule has 0 spiro atoms. The number of carbonyl (C=O) groups excluding carboxylic acids is 1. The summed E-state index contributed by atoms with van der Waals surface area (Å²) in [5.41, 5.74) is 5.45. The Morgan fingerprint density at radius 3 is 2.75 bits per heavy atom. The number of rotatable bonds is 5. The lowest BCUT2D eigenvalue weighted by molar-refractivity contribution is -0.130. The third-order valence-electron chi connectivity index (χ3n) is 3.50. The smallest absolute Gasteiger partial charge is 0.237 e. The van der Waals surface area contributed by atoms with Gasteiger partial charge in [0.1, 0.15) is 0 Å². The lowest BCUT2D eigenvalue weighted by Crippen LogP contribution is -2.63. The lowest BCUT2D eigenvalue weighted by atomic mass is 9.64. The van der Waals surface area contributed by atoms with Gasteiger partial charge >= 0.3 is 0 Å². The summed E-state index contributed by atoms with van der Waals surface area (Å²) >= 11 is 0. The molecule has 1 amide bonds. The molecule has 0 aliphatic heterocycles. The van der Waals surface area contributed by atoms with Gasteiger partial charge < -0.3 is 20.9 Å². The van der Waals surface area contributed by atoms with Crippen molar-refractivity contribution in [2.24, 2.45) is 11.1 Å². The highest BCUT2D eigenvalue weighted by Gasteiger charge is 2.48. The first-order chi connectivity index (χ1) is 7.39. The van der Waals surface area contributed by atoms with Gasteiger partial charge in [-0.1, -0.05) is 13.8 Å². The maximum atomic E-state index is 11.7. The van der Waals surface area contributed by atoms with Crippen LogP contribution in [0.3, 0.4) is 0 Å². The zero-order chi connectivity index (χ0) is 12.3. The van der Waals surface area contributed by atoms with E-state index in [1.165, 1.54) is 0 Å². The molecule has 0 saturated heterocycles. The molecule has 0 aromatic rings. The van der Waals surface area contributed by atoms with Crippen molar-refractivity contribution in [3.63, 3.8) is 0 Å². The SMILES string of the molecule is COCCC(N)C(=O)NC1CC(O)C1(C)C. The predicted molar refractivity (Wildman–Crippen MR) is 60.8 cm³/mol. The molecule has 16 heavy (non-hydrogen) atoms. The van der Waals surface area contributed by atoms with Crippen LogP contribution in [0, 0.1) is 5.41 Å². The van der Waals surface area contributed by atoms with Gasteiger partial charge in [0.15, 0.2) is 0 Å². The van der Waals surface area contributed by atoms with E-state index < -0.39 is 6.04 Å². The zero-order valence-electron chi connectivity index (χ0n) is 10.2. The van der Waals surface area contributed by atoms with Gasteiger partial charge in [-0.2, -0.15) is 0 Å². The monoisotopic (exact) mass is 230 g/mol. The molecular weight excluding hydrogens is 208 g/mol. The topological polar surface area (TPSA) is 84.6 Å². The number of methoxy groups -OCH3 is 1. The quantitative estimate of drug-likeness (QED) is 0.601. The summed E-state index contributed by atoms with van der Waals surface area (Å²) < 4.78 is 4.87. The molecule has 4 N–H and O–H groups in total. The Kier molecular flexibility index (Phi) is 4.29. The maximum Gasteiger partial charge on any atom is 0.237 e. The van der Waals surface area contributed by atoms with Crippen LogP contribution in [-0.4, -0.2) is 42.9 Å². The van der Waals surface area contributed by atoms with Gasteiger partial charge in [0.05, 0.1) is 12.1 Å². The Labute approximate surface area is 96.3 Å². The van der Waals surface area contributed by atoms with E-state index in [2.05, 4.69) is 5.32 Å². The van der Waals surface area contributed by atoms with Gasteiger partial charge in [-0.05, 0) is 12.8 Å². The molecule has 1 saturated carbocycles. The van der Waals surface area contributed by atoms with E-state index in [1.807, 2.05) is 13.8 Å². The Morgan fingerprint density at radius 2 is 2.31 bits per heavy atom. The number of carbonyl (C=O) groups is 1. The van der Waals surface area contributed by atoms with Crippen LogP contribution in [0.15, 0.2) is 0 Å². The van der Waals surface area contributed by atoms with Crippen LogP contribution in [0.5, 0.6) is 0 Å². The number of nitrogens with one attached hydrogen (secondary N) is 1. The van der Waals surface area contributed by atoms with Crippen LogP contribution in [-0.2, 0) is 9.53 Å². The molecule has 0 aromatic heterocycles. The van der Waals surface area contributed by atoms with Crippen LogP contribution >= 0.6 is 0 Å². The number of aliphatic hydroxyl groups is 1. The van der Waals surface area contributed by atoms with Crippen LogP contribution < -0.4 is 11.1 Å². The minimum absolute atomic E-state index is 0.0172. The fourth-order valence-corrected chi connectivity index (χ4v) is 1.80. The zero-order valence-corrected chi connectivity index (χ0v) is 10.2. The van der Waals surface area contributed by atoms with Crippen LogP contribution in [0.4, 0.5) is 0 Å². The lowest BCUT2D eigenvalue weighted by Gasteiger charge is -2.49. The molecule has 3 atom stereocenters. The minimum atomic E-state index is -0.534. The van der Waals surface area contributed by atoms with Gasteiger partial charge in [0, 0.05) is 25.2 Å². The van der Waals surface area contributed by atoms with Gasteiger partial charge in [0.2, 0.25) is 5.91 Å². The first-order valence-electron chi connectivity index (χ1n) is 5.62. The van der Waals surface area contributed by atoms with Gasteiger partial charge in [-0.15, -0.1) is 0 Å². The Balaban J connectivity index is 2.35. The van der Waals surface area contributed by atoms with Crippen molar-refractivity contribution in [2.45, 2.75) is 44.9 Å². The van der Waals surface area contributed by atoms with Crippen molar-refractivity contribution in [3.05, 3.63) is 0 Å². The van der Waals surface area contributed by atoms with E-state index >= 15 is 0 Å². The summed E-state index contributed by atoms with van der Waals surface area (Å²) in [6, 6.07) is -0.517. The molecule has 1 aliphatic carbocycles. The molecule has 5 nitrogen and oxygen atoms in total. The number of nitrogens with two attached hydrogens (primary N) is 1. The highest BCUT2D eigenvalue weighted by molar-refractivity contribution is 5.81. The average Bonchev–Trinajstić information content (AvgIpc) is 2.25. The number of hydrogen-bond acceptors (Lipinski definition) is 4. The Bertz CT molecular complexity index is 256. The summed E-state index contributed by atoms with van der Waals surface area (Å²) in [6.07, 6.45) is 0.779. The van der Waals surface area contributed by atoms with Crippen molar-refractivity contribution in [3.8, 4) is 0 Å². The number of hydrogen-bond donors (Lipinski definition) is 3. The molecule has 3 unspecified atom stereocenters. The summed E-state index contributed by atoms with van der Waals surface area (Å²) in [7, 11) is 1.58. The van der Waals surface area contributed by atoms with E-state index in [0.717, 1.165) is 0 Å². The standard InChI is InChI=1S/C11H22N2O3/c1-11(2)8(6-9(11)14)13-10(15)7(12)4-5-16-3/h7-9,14H,4-6,12H2,1-3H3,(H,13,15). The highest BCUT2D eigenvalue weighted by Crippen LogP contribution is 2.40. The summed E-state index contributed by atoms with van der Waals surface area (Å²) in [4.78, 5) is 11.7. The normalized spacial score (nSPS) is 29.3. The largest absolute Gasteiger partial charge is 0.392 e. The van der Waals surface area contributed by atoms with Crippen molar-refractivity contribution in [2.75, 3.05) is 13.7 Å². The summed E-state index contributed by atoms with van der Waals surface area (Å²) in [5, 5.41) is 12.4. The average molecular weight is 230 g/mol. The van der Waals surface area contributed by atoms with Gasteiger partial charge in [-0.25, -0.2) is 0 Å². The third-order valence-corrected chi connectivity index (χ3v) is 3.50. The molecular formula is C11H22N2O3. The van der Waals surface area contributed by atoms with E-state index in [9.17, 15) is 9.90 Å². The predicted octanol–water partition coefficient (Wildman–Crippen LogP) is -0.374. The summed E-state index contributed by atoms with van der Waals surface area (Å²) in [5.74, 6) is -0.165. The second kappa shape index (κ2) is 5.12. The molecule has 1 fully saturated rings. The van der Waals surface area contributed by atoms with Crippen LogP contribution in [0.25, 0.3) is 0 Å². The van der Waals surface area contributed by atoms with Gasteiger partial charge in [0.25, 0.3) is 0 Å². The van der Waals surface area contributed by atoms with Crippen molar-refractivity contribution < 1.29 is 14.6 Å². The molecule has 0 aromatic carbocycles. The first kappa shape index (κ1) is 13.4. The van der Waals surface area contributed by atoms with Crippen LogP contribution in [0.1, 0.15) is 26.7 Å². The molecule has 1 rings (SSSR count). The number of aliphatic hydroxyl groups excluding tert-OH is 1. The minimum Gasteiger partial charge on any atom is -0.392 e. The molecule has 1 aliphatic rings. The molecule has 0 radical (unpaired) electrons.